The van der Waals surface area contributed by atoms with Crippen molar-refractivity contribution in [3.8, 4) is 12.3 Å². The van der Waals surface area contributed by atoms with Crippen LogP contribution in [0.2, 0.25) is 0 Å². The van der Waals surface area contributed by atoms with Gasteiger partial charge in [0.2, 0.25) is 0 Å². The Morgan fingerprint density at radius 3 is 2.92 bits per heavy atom. The van der Waals surface area contributed by atoms with Crippen LogP contribution in [-0.4, -0.2) is 11.7 Å². The Balaban J connectivity index is 2.95. The molecular weight excluding hydrogens is 150 g/mol. The summed E-state index contributed by atoms with van der Waals surface area (Å²) in [7, 11) is 0. The van der Waals surface area contributed by atoms with Crippen LogP contribution in [0.25, 0.3) is 0 Å². The van der Waals surface area contributed by atoms with Crippen LogP contribution in [0.1, 0.15) is 17.2 Å². The van der Waals surface area contributed by atoms with E-state index >= 15 is 0 Å². The predicted molar refractivity (Wildman–Crippen MR) is 48.4 cm³/mol. The smallest absolute Gasteiger partial charge is 0.0624 e. The molecule has 1 atom stereocenters. The summed E-state index contributed by atoms with van der Waals surface area (Å²) in [6.07, 6.45) is 5.21. The molecule has 0 fully saturated rings. The summed E-state index contributed by atoms with van der Waals surface area (Å²) >= 11 is 0. The molecule has 0 saturated heterocycles. The summed E-state index contributed by atoms with van der Waals surface area (Å²) < 4.78 is 0. The van der Waals surface area contributed by atoms with Crippen LogP contribution in [0.3, 0.4) is 0 Å². The zero-order chi connectivity index (χ0) is 8.97. The van der Waals surface area contributed by atoms with Gasteiger partial charge >= 0.3 is 0 Å². The van der Waals surface area contributed by atoms with Gasteiger partial charge in [-0.2, -0.15) is 0 Å². The fraction of sp³-hybridized carbons (Fsp3) is 0.200. The minimum Gasteiger partial charge on any atom is -0.394 e. The Labute approximate surface area is 72.0 Å². The highest BCUT2D eigenvalue weighted by Crippen LogP contribution is 2.10. The SMILES string of the molecule is C#Cc1cccc([C@@H](N)CO)c1. The van der Waals surface area contributed by atoms with Crippen molar-refractivity contribution >= 4 is 0 Å². The zero-order valence-corrected chi connectivity index (χ0v) is 6.70. The third-order valence-corrected chi connectivity index (χ3v) is 1.68. The maximum absolute atomic E-state index is 8.78. The number of hydrogen-bond acceptors (Lipinski definition) is 2. The Hall–Kier alpha value is -1.30. The Morgan fingerprint density at radius 2 is 2.33 bits per heavy atom. The first-order valence-electron chi connectivity index (χ1n) is 3.71. The molecule has 0 aliphatic heterocycles. The van der Waals surface area contributed by atoms with Crippen LogP contribution in [0.4, 0.5) is 0 Å². The summed E-state index contributed by atoms with van der Waals surface area (Å²) in [5.74, 6) is 2.51. The number of hydrogen-bond donors (Lipinski definition) is 2. The van der Waals surface area contributed by atoms with Gasteiger partial charge in [0.1, 0.15) is 0 Å². The molecule has 12 heavy (non-hydrogen) atoms. The molecule has 1 rings (SSSR count). The molecule has 1 aromatic carbocycles. The maximum Gasteiger partial charge on any atom is 0.0624 e. The second-order valence-electron chi connectivity index (χ2n) is 2.56. The highest BCUT2D eigenvalue weighted by atomic mass is 16.3. The van der Waals surface area contributed by atoms with Crippen molar-refractivity contribution in [3.05, 3.63) is 35.4 Å². The molecule has 0 heterocycles. The molecule has 2 heteroatoms. The minimum atomic E-state index is -0.335. The van der Waals surface area contributed by atoms with E-state index in [2.05, 4.69) is 5.92 Å². The van der Waals surface area contributed by atoms with E-state index in [1.165, 1.54) is 0 Å². The molecule has 62 valence electrons. The Kier molecular flexibility index (Phi) is 2.87. The summed E-state index contributed by atoms with van der Waals surface area (Å²) in [6.45, 7) is -0.0615. The van der Waals surface area contributed by atoms with E-state index in [1.54, 1.807) is 6.07 Å². The van der Waals surface area contributed by atoms with Crippen LogP contribution in [0, 0.1) is 12.3 Å². The van der Waals surface area contributed by atoms with Gasteiger partial charge in [-0.25, -0.2) is 0 Å². The molecule has 3 N–H and O–H groups in total. The fourth-order valence-corrected chi connectivity index (χ4v) is 0.964. The lowest BCUT2D eigenvalue weighted by Crippen LogP contribution is -2.14. The zero-order valence-electron chi connectivity index (χ0n) is 6.70. The number of benzene rings is 1. The van der Waals surface area contributed by atoms with E-state index in [0.29, 0.717) is 0 Å². The van der Waals surface area contributed by atoms with Gasteiger partial charge in [0.25, 0.3) is 0 Å². The molecule has 0 aliphatic rings. The first-order chi connectivity index (χ1) is 5.77. The van der Waals surface area contributed by atoms with Gasteiger partial charge in [-0.15, -0.1) is 6.42 Å². The van der Waals surface area contributed by atoms with E-state index in [4.69, 9.17) is 17.3 Å². The first-order valence-corrected chi connectivity index (χ1v) is 3.71. The van der Waals surface area contributed by atoms with E-state index in [0.717, 1.165) is 11.1 Å². The molecule has 0 unspecified atom stereocenters. The average molecular weight is 161 g/mol. The van der Waals surface area contributed by atoms with Crippen molar-refractivity contribution in [2.24, 2.45) is 5.73 Å². The fourth-order valence-electron chi connectivity index (χ4n) is 0.964. The van der Waals surface area contributed by atoms with Gasteiger partial charge in [-0.3, -0.25) is 0 Å². The Morgan fingerprint density at radius 1 is 1.58 bits per heavy atom. The van der Waals surface area contributed by atoms with E-state index in [-0.39, 0.29) is 12.6 Å². The van der Waals surface area contributed by atoms with Crippen LogP contribution in [0.5, 0.6) is 0 Å². The van der Waals surface area contributed by atoms with Crippen molar-refractivity contribution in [1.29, 1.82) is 0 Å². The second-order valence-corrected chi connectivity index (χ2v) is 2.56. The molecule has 0 aromatic heterocycles. The number of rotatable bonds is 2. The number of aliphatic hydroxyl groups is 1. The van der Waals surface area contributed by atoms with Crippen LogP contribution in [-0.2, 0) is 0 Å². The highest BCUT2D eigenvalue weighted by Gasteiger charge is 2.02. The average Bonchev–Trinajstić information content (AvgIpc) is 2.17. The van der Waals surface area contributed by atoms with Gasteiger partial charge in [0.15, 0.2) is 0 Å². The molecule has 0 amide bonds. The topological polar surface area (TPSA) is 46.2 Å². The number of nitrogens with two attached hydrogens (primary N) is 1. The van der Waals surface area contributed by atoms with E-state index in [9.17, 15) is 0 Å². The van der Waals surface area contributed by atoms with Gasteiger partial charge in [0.05, 0.1) is 12.6 Å². The standard InChI is InChI=1S/C10H11NO/c1-2-8-4-3-5-9(6-8)10(11)7-12/h1,3-6,10,12H,7,11H2/t10-/m0/s1. The van der Waals surface area contributed by atoms with Gasteiger partial charge in [-0.1, -0.05) is 18.1 Å². The summed E-state index contributed by atoms with van der Waals surface area (Å²) in [5, 5.41) is 8.78. The second kappa shape index (κ2) is 3.91. The van der Waals surface area contributed by atoms with Crippen molar-refractivity contribution in [2.45, 2.75) is 6.04 Å². The maximum atomic E-state index is 8.78. The van der Waals surface area contributed by atoms with E-state index < -0.39 is 0 Å². The van der Waals surface area contributed by atoms with Gasteiger partial charge < -0.3 is 10.8 Å². The summed E-state index contributed by atoms with van der Waals surface area (Å²) in [4.78, 5) is 0. The van der Waals surface area contributed by atoms with Crippen molar-refractivity contribution in [3.63, 3.8) is 0 Å². The highest BCUT2D eigenvalue weighted by molar-refractivity contribution is 5.36. The number of aliphatic hydroxyl groups excluding tert-OH is 1. The Bertz CT molecular complexity index is 301. The largest absolute Gasteiger partial charge is 0.394 e. The first kappa shape index (κ1) is 8.79. The lowest BCUT2D eigenvalue weighted by Gasteiger charge is -2.07. The monoisotopic (exact) mass is 161 g/mol. The molecule has 1 aromatic rings. The molecule has 0 saturated carbocycles. The van der Waals surface area contributed by atoms with Gasteiger partial charge in [0, 0.05) is 5.56 Å². The molecule has 0 aliphatic carbocycles. The van der Waals surface area contributed by atoms with Crippen molar-refractivity contribution < 1.29 is 5.11 Å². The molecule has 2 nitrogen and oxygen atoms in total. The van der Waals surface area contributed by atoms with Gasteiger partial charge in [-0.05, 0) is 17.7 Å². The lowest BCUT2D eigenvalue weighted by molar-refractivity contribution is 0.268. The number of terminal acetylenes is 1. The molecule has 0 radical (unpaired) electrons. The van der Waals surface area contributed by atoms with Crippen LogP contribution in [0.15, 0.2) is 24.3 Å². The molecule has 0 spiro atoms. The quantitative estimate of drug-likeness (QED) is 0.626. The van der Waals surface area contributed by atoms with Crippen molar-refractivity contribution in [1.82, 2.24) is 0 Å². The summed E-state index contributed by atoms with van der Waals surface area (Å²) in [5.41, 5.74) is 7.26. The lowest BCUT2D eigenvalue weighted by atomic mass is 10.1. The molecular formula is C10H11NO. The normalized spacial score (nSPS) is 12.1. The third-order valence-electron chi connectivity index (χ3n) is 1.68. The minimum absolute atomic E-state index is 0.0615. The third kappa shape index (κ3) is 1.85. The van der Waals surface area contributed by atoms with Crippen LogP contribution >= 0.6 is 0 Å². The van der Waals surface area contributed by atoms with Crippen LogP contribution < -0.4 is 5.73 Å². The molecule has 0 bridgehead atoms. The van der Waals surface area contributed by atoms with Crippen molar-refractivity contribution in [2.75, 3.05) is 6.61 Å². The predicted octanol–water partition coefficient (Wildman–Crippen LogP) is 0.660. The van der Waals surface area contributed by atoms with E-state index in [1.807, 2.05) is 18.2 Å². The summed E-state index contributed by atoms with van der Waals surface area (Å²) in [6, 6.07) is 6.98.